The molecule has 1 aliphatic carbocycles. The Balaban J connectivity index is 1.42. The van der Waals surface area contributed by atoms with Gasteiger partial charge in [-0.3, -0.25) is 9.78 Å². The first kappa shape index (κ1) is 21.2. The molecule has 1 aliphatic heterocycles. The van der Waals surface area contributed by atoms with Gasteiger partial charge >= 0.3 is 0 Å². The second-order valence-electron chi connectivity index (χ2n) is 9.04. The molecule has 1 spiro atoms. The smallest absolute Gasteiger partial charge is 0.228 e. The molecule has 166 valence electrons. The summed E-state index contributed by atoms with van der Waals surface area (Å²) in [6.07, 6.45) is 8.28. The monoisotopic (exact) mass is 437 g/mol. The molecule has 2 aromatic carbocycles. The fraction of sp³-hybridized carbons (Fsp3) is 0.321. The maximum atomic E-state index is 13.4. The zero-order chi connectivity index (χ0) is 22.8. The number of ether oxygens (including phenoxy) is 1. The molecule has 1 saturated carbocycles. The molecular formula is C28H27N3O2. The first-order valence-electron chi connectivity index (χ1n) is 11.7. The third kappa shape index (κ3) is 3.98. The Morgan fingerprint density at radius 1 is 1.24 bits per heavy atom. The standard InChI is InChI=1S/C28H27N3O2/c1-2-3-5-20-8-7-19(17-29)14-25(20)31-27(32)24-16-28(24)11-13-33-26-10-9-21(15-23(26)28)22-6-4-12-30-18-22/h4,6-10,12,14-15,18,24H,2-3,5,11,13,16H2,1H3,(H,31,32)/t24-,28-/m0/s1. The van der Waals surface area contributed by atoms with Gasteiger partial charge in [-0.2, -0.15) is 5.26 Å². The molecule has 0 saturated heterocycles. The summed E-state index contributed by atoms with van der Waals surface area (Å²) in [6, 6.07) is 18.0. The maximum Gasteiger partial charge on any atom is 0.228 e. The Bertz CT molecular complexity index is 1230. The van der Waals surface area contributed by atoms with Crippen molar-refractivity contribution in [3.63, 3.8) is 0 Å². The van der Waals surface area contributed by atoms with Crippen LogP contribution in [0.2, 0.25) is 0 Å². The van der Waals surface area contributed by atoms with E-state index in [2.05, 4.69) is 35.4 Å². The summed E-state index contributed by atoms with van der Waals surface area (Å²) in [4.78, 5) is 17.6. The second-order valence-corrected chi connectivity index (χ2v) is 9.04. The number of nitrogens with one attached hydrogen (secondary N) is 1. The number of aromatic nitrogens is 1. The minimum atomic E-state index is -0.188. The summed E-state index contributed by atoms with van der Waals surface area (Å²) in [7, 11) is 0. The second kappa shape index (κ2) is 8.71. The number of fused-ring (bicyclic) bond motifs is 2. The van der Waals surface area contributed by atoms with E-state index in [1.165, 1.54) is 0 Å². The average Bonchev–Trinajstić information content (AvgIpc) is 3.58. The molecule has 5 heteroatoms. The van der Waals surface area contributed by atoms with E-state index in [4.69, 9.17) is 4.74 Å². The highest BCUT2D eigenvalue weighted by atomic mass is 16.5. The summed E-state index contributed by atoms with van der Waals surface area (Å²) in [5.74, 6) is 0.802. The van der Waals surface area contributed by atoms with Gasteiger partial charge in [-0.05, 0) is 67.1 Å². The van der Waals surface area contributed by atoms with Crippen molar-refractivity contribution < 1.29 is 9.53 Å². The van der Waals surface area contributed by atoms with Gasteiger partial charge in [-0.1, -0.05) is 31.5 Å². The van der Waals surface area contributed by atoms with Crippen molar-refractivity contribution in [2.24, 2.45) is 5.92 Å². The zero-order valence-corrected chi connectivity index (χ0v) is 18.8. The van der Waals surface area contributed by atoms with Crippen molar-refractivity contribution in [2.45, 2.75) is 44.4 Å². The van der Waals surface area contributed by atoms with Crippen LogP contribution in [-0.4, -0.2) is 17.5 Å². The van der Waals surface area contributed by atoms with Crippen molar-refractivity contribution in [2.75, 3.05) is 11.9 Å². The quantitative estimate of drug-likeness (QED) is 0.541. The summed E-state index contributed by atoms with van der Waals surface area (Å²) in [5, 5.41) is 12.5. The van der Waals surface area contributed by atoms with Crippen LogP contribution < -0.4 is 10.1 Å². The average molecular weight is 438 g/mol. The fourth-order valence-corrected chi connectivity index (χ4v) is 5.03. The molecular weight excluding hydrogens is 410 g/mol. The van der Waals surface area contributed by atoms with Gasteiger partial charge in [0.05, 0.1) is 18.2 Å². The highest BCUT2D eigenvalue weighted by Crippen LogP contribution is 2.61. The first-order valence-corrected chi connectivity index (χ1v) is 11.7. The molecule has 2 atom stereocenters. The molecule has 1 fully saturated rings. The molecule has 2 heterocycles. The third-order valence-electron chi connectivity index (χ3n) is 7.00. The van der Waals surface area contributed by atoms with Crippen molar-refractivity contribution in [1.82, 2.24) is 4.98 Å². The van der Waals surface area contributed by atoms with E-state index < -0.39 is 0 Å². The maximum absolute atomic E-state index is 13.4. The molecule has 0 bridgehead atoms. The van der Waals surface area contributed by atoms with Crippen LogP contribution in [0.25, 0.3) is 11.1 Å². The summed E-state index contributed by atoms with van der Waals surface area (Å²) in [5.41, 5.74) is 5.49. The number of pyridine rings is 1. The molecule has 3 aromatic rings. The van der Waals surface area contributed by atoms with Gasteiger partial charge in [0, 0.05) is 40.5 Å². The SMILES string of the molecule is CCCCc1ccc(C#N)cc1NC(=O)[C@@H]1C[C@]12CCOc1ccc(-c3cccnc3)cc12. The van der Waals surface area contributed by atoms with Gasteiger partial charge in [0.2, 0.25) is 5.91 Å². The molecule has 5 rings (SSSR count). The highest BCUT2D eigenvalue weighted by molar-refractivity contribution is 5.97. The van der Waals surface area contributed by atoms with Gasteiger partial charge < -0.3 is 10.1 Å². The summed E-state index contributed by atoms with van der Waals surface area (Å²) in [6.45, 7) is 2.77. The van der Waals surface area contributed by atoms with Crippen LogP contribution in [-0.2, 0) is 16.6 Å². The Labute approximate surface area is 194 Å². The summed E-state index contributed by atoms with van der Waals surface area (Å²) < 4.78 is 5.95. The van der Waals surface area contributed by atoms with Crippen LogP contribution in [0.4, 0.5) is 5.69 Å². The van der Waals surface area contributed by atoms with E-state index in [9.17, 15) is 10.1 Å². The minimum Gasteiger partial charge on any atom is -0.493 e. The highest BCUT2D eigenvalue weighted by Gasteiger charge is 2.61. The number of benzene rings is 2. The molecule has 2 aliphatic rings. The third-order valence-corrected chi connectivity index (χ3v) is 7.00. The Hall–Kier alpha value is -3.65. The molecule has 0 radical (unpaired) electrons. The number of amides is 1. The number of unbranched alkanes of at least 4 members (excludes halogenated alkanes) is 1. The van der Waals surface area contributed by atoms with Gasteiger partial charge in [0.1, 0.15) is 5.75 Å². The minimum absolute atomic E-state index is 0.0301. The van der Waals surface area contributed by atoms with E-state index in [0.717, 1.165) is 65.8 Å². The van der Waals surface area contributed by atoms with Crippen LogP contribution in [0, 0.1) is 17.2 Å². The predicted molar refractivity (Wildman–Crippen MR) is 128 cm³/mol. The van der Waals surface area contributed by atoms with Gasteiger partial charge in [0.15, 0.2) is 0 Å². The molecule has 1 N–H and O–H groups in total. The van der Waals surface area contributed by atoms with Crippen LogP contribution >= 0.6 is 0 Å². The fourth-order valence-electron chi connectivity index (χ4n) is 5.03. The molecule has 5 nitrogen and oxygen atoms in total. The number of carbonyl (C=O) groups is 1. The van der Waals surface area contributed by atoms with Crippen molar-refractivity contribution in [3.05, 3.63) is 77.6 Å². The number of carbonyl (C=O) groups excluding carboxylic acids is 1. The van der Waals surface area contributed by atoms with Crippen LogP contribution in [0.15, 0.2) is 60.9 Å². The number of rotatable bonds is 6. The lowest BCUT2D eigenvalue weighted by molar-refractivity contribution is -0.117. The van der Waals surface area contributed by atoms with Gasteiger partial charge in [0.25, 0.3) is 0 Å². The van der Waals surface area contributed by atoms with E-state index in [-0.39, 0.29) is 17.2 Å². The Kier molecular flexibility index (Phi) is 5.60. The largest absolute Gasteiger partial charge is 0.493 e. The van der Waals surface area contributed by atoms with Crippen LogP contribution in [0.3, 0.4) is 0 Å². The number of aryl methyl sites for hydroxylation is 1. The number of hydrogen-bond donors (Lipinski definition) is 1. The van der Waals surface area contributed by atoms with E-state index in [0.29, 0.717) is 12.2 Å². The van der Waals surface area contributed by atoms with E-state index in [1.54, 1.807) is 12.3 Å². The predicted octanol–water partition coefficient (Wildman–Crippen LogP) is 5.64. The molecule has 1 amide bonds. The number of nitriles is 1. The van der Waals surface area contributed by atoms with E-state index in [1.807, 2.05) is 36.5 Å². The van der Waals surface area contributed by atoms with E-state index >= 15 is 0 Å². The molecule has 1 aromatic heterocycles. The lowest BCUT2D eigenvalue weighted by Gasteiger charge is -2.27. The molecule has 0 unspecified atom stereocenters. The first-order chi connectivity index (χ1) is 16.1. The zero-order valence-electron chi connectivity index (χ0n) is 18.8. The molecule has 33 heavy (non-hydrogen) atoms. The lowest BCUT2D eigenvalue weighted by atomic mass is 9.85. The van der Waals surface area contributed by atoms with Crippen LogP contribution in [0.5, 0.6) is 5.75 Å². The van der Waals surface area contributed by atoms with Crippen molar-refractivity contribution in [1.29, 1.82) is 5.26 Å². The Morgan fingerprint density at radius 3 is 2.94 bits per heavy atom. The van der Waals surface area contributed by atoms with Gasteiger partial charge in [-0.25, -0.2) is 0 Å². The topological polar surface area (TPSA) is 75.0 Å². The van der Waals surface area contributed by atoms with Gasteiger partial charge in [-0.15, -0.1) is 0 Å². The number of nitrogens with zero attached hydrogens (tertiary/aromatic N) is 2. The summed E-state index contributed by atoms with van der Waals surface area (Å²) >= 11 is 0. The van der Waals surface area contributed by atoms with Crippen molar-refractivity contribution >= 4 is 11.6 Å². The Morgan fingerprint density at radius 2 is 2.15 bits per heavy atom. The van der Waals surface area contributed by atoms with Crippen LogP contribution in [0.1, 0.15) is 49.3 Å². The lowest BCUT2D eigenvalue weighted by Crippen LogP contribution is -2.27. The van der Waals surface area contributed by atoms with Crippen molar-refractivity contribution in [3.8, 4) is 22.9 Å². The number of hydrogen-bond acceptors (Lipinski definition) is 4. The normalized spacial score (nSPS) is 20.4. The number of anilines is 1.